The number of hydrogen-bond donors (Lipinski definition) is 1. The van der Waals surface area contributed by atoms with Crippen LogP contribution in [0, 0.1) is 5.92 Å². The minimum atomic E-state index is -4.75. The number of para-hydroxylation sites is 1. The van der Waals surface area contributed by atoms with E-state index >= 15 is 0 Å². The lowest BCUT2D eigenvalue weighted by Gasteiger charge is -2.47. The molecule has 0 aromatic heterocycles. The smallest absolute Gasteiger partial charge is 0.346 e. The highest BCUT2D eigenvalue weighted by atomic mass is 35.5. The molecule has 0 saturated heterocycles. The van der Waals surface area contributed by atoms with Crippen LogP contribution in [0.1, 0.15) is 61.6 Å². The summed E-state index contributed by atoms with van der Waals surface area (Å²) in [7, 11) is 4.14. The lowest BCUT2D eigenvalue weighted by atomic mass is 9.68. The van der Waals surface area contributed by atoms with Gasteiger partial charge in [0.25, 0.3) is 0 Å². The molecule has 1 atom stereocenters. The molecule has 1 fully saturated rings. The van der Waals surface area contributed by atoms with Gasteiger partial charge in [-0.05, 0) is 85.4 Å². The molecule has 272 valence electrons. The lowest BCUT2D eigenvalue weighted by molar-refractivity contribution is -0.163. The first kappa shape index (κ1) is 38.1. The van der Waals surface area contributed by atoms with Crippen molar-refractivity contribution in [2.45, 2.75) is 68.6 Å². The molecule has 2 aliphatic rings. The summed E-state index contributed by atoms with van der Waals surface area (Å²) >= 11 is 12.8. The summed E-state index contributed by atoms with van der Waals surface area (Å²) in [4.78, 5) is 56.9. The quantitative estimate of drug-likeness (QED) is 0.234. The number of amides is 4. The van der Waals surface area contributed by atoms with Crippen LogP contribution in [-0.4, -0.2) is 67.3 Å². The van der Waals surface area contributed by atoms with Gasteiger partial charge in [-0.1, -0.05) is 71.7 Å². The summed E-state index contributed by atoms with van der Waals surface area (Å²) in [5, 5.41) is 3.61. The van der Waals surface area contributed by atoms with E-state index in [4.69, 9.17) is 23.2 Å². The molecule has 5 rings (SSSR count). The molecule has 1 aliphatic heterocycles. The first-order valence-electron chi connectivity index (χ1n) is 16.8. The maximum Gasteiger partial charge on any atom is 0.397 e. The van der Waals surface area contributed by atoms with Gasteiger partial charge in [0.15, 0.2) is 0 Å². The number of nitrogens with zero attached hydrogens (tertiary/aromatic N) is 3. The highest BCUT2D eigenvalue weighted by molar-refractivity contribution is 6.42. The van der Waals surface area contributed by atoms with Crippen LogP contribution in [0.4, 0.5) is 18.9 Å². The molecule has 13 heteroatoms. The maximum absolute atomic E-state index is 14.2. The molecule has 51 heavy (non-hydrogen) atoms. The molecular formula is C38H41Cl2F3N4O4. The minimum absolute atomic E-state index is 0.0254. The average molecular weight is 746 g/mol. The van der Waals surface area contributed by atoms with Gasteiger partial charge < -0.3 is 20.0 Å². The monoisotopic (exact) mass is 744 g/mol. The first-order valence-corrected chi connectivity index (χ1v) is 17.6. The maximum atomic E-state index is 14.2. The Balaban J connectivity index is 1.49. The second kappa shape index (κ2) is 15.3. The molecule has 4 amide bonds. The number of likely N-dealkylation sites (N-methyl/N-ethyl adjacent to an activating group) is 3. The fourth-order valence-electron chi connectivity index (χ4n) is 7.59. The molecule has 1 heterocycles. The second-order valence-corrected chi connectivity index (χ2v) is 14.5. The van der Waals surface area contributed by atoms with Crippen molar-refractivity contribution in [1.82, 2.24) is 15.1 Å². The van der Waals surface area contributed by atoms with Crippen LogP contribution >= 0.6 is 23.2 Å². The van der Waals surface area contributed by atoms with Crippen LogP contribution in [0.3, 0.4) is 0 Å². The molecule has 3 aromatic carbocycles. The van der Waals surface area contributed by atoms with Crippen LogP contribution in [0.2, 0.25) is 10.0 Å². The van der Waals surface area contributed by atoms with Crippen LogP contribution < -0.4 is 10.2 Å². The summed E-state index contributed by atoms with van der Waals surface area (Å²) in [5.41, 5.74) is 1.02. The molecule has 1 N–H and O–H groups in total. The number of halogens is 5. The Morgan fingerprint density at radius 2 is 1.53 bits per heavy atom. The molecular weight excluding hydrogens is 704 g/mol. The van der Waals surface area contributed by atoms with E-state index < -0.39 is 41.4 Å². The highest BCUT2D eigenvalue weighted by Gasteiger charge is 2.47. The van der Waals surface area contributed by atoms with Gasteiger partial charge in [-0.15, -0.1) is 0 Å². The number of anilines is 1. The van der Waals surface area contributed by atoms with Crippen molar-refractivity contribution in [2.24, 2.45) is 5.92 Å². The predicted molar refractivity (Wildman–Crippen MR) is 190 cm³/mol. The van der Waals surface area contributed by atoms with E-state index in [-0.39, 0.29) is 34.8 Å². The zero-order valence-corrected chi connectivity index (χ0v) is 30.2. The van der Waals surface area contributed by atoms with Gasteiger partial charge in [-0.25, -0.2) is 0 Å². The van der Waals surface area contributed by atoms with Gasteiger partial charge >= 0.3 is 18.0 Å². The number of benzene rings is 3. The van der Waals surface area contributed by atoms with Gasteiger partial charge in [-0.3, -0.25) is 19.2 Å². The van der Waals surface area contributed by atoms with E-state index in [0.717, 1.165) is 28.9 Å². The number of alkyl halides is 3. The Labute approximate surface area is 305 Å². The van der Waals surface area contributed by atoms with Crippen LogP contribution in [0.5, 0.6) is 0 Å². The third-order valence-electron chi connectivity index (χ3n) is 10.5. The van der Waals surface area contributed by atoms with Crippen molar-refractivity contribution in [3.8, 4) is 0 Å². The zero-order chi connectivity index (χ0) is 37.1. The van der Waals surface area contributed by atoms with E-state index in [2.05, 4.69) is 11.4 Å². The molecule has 8 nitrogen and oxygen atoms in total. The number of fused-ring (bicyclic) bond motifs is 2. The fraction of sp³-hybridized carbons (Fsp3) is 0.421. The molecule has 1 saturated carbocycles. The SMILES string of the molecule is CN(C[C@](CCC1CCC2(CC1)NC(=O)Cc1ccccc12)(c1ccc(Cl)c(Cl)c1)N(C)C(=O)C(=O)N(C)c1ccccc1)C(=O)CC(F)(F)F. The first-order chi connectivity index (χ1) is 24.0. The normalized spacial score (nSPS) is 19.8. The molecule has 1 spiro atoms. The standard InChI is InChI=1S/C38H41Cl2F3N4O4/c1-45(33(49)23-38(41,42)43)24-37(27-13-14-30(39)31(40)22-27,47(3)35(51)34(50)46(2)28-10-5-4-6-11-28)20-17-25-15-18-36(19-16-25)29-12-8-7-9-26(29)21-32(48)44-36/h4-14,22,25H,15-21,23-24H2,1-3H3,(H,44,48)/t25?,36?,37-/m1/s1. The summed E-state index contributed by atoms with van der Waals surface area (Å²) in [6.45, 7) is -0.357. The van der Waals surface area contributed by atoms with Crippen molar-refractivity contribution in [1.29, 1.82) is 0 Å². The fourth-order valence-corrected chi connectivity index (χ4v) is 7.89. The summed E-state index contributed by atoms with van der Waals surface area (Å²) in [6.07, 6.45) is -2.63. The van der Waals surface area contributed by atoms with E-state index in [1.165, 1.54) is 43.1 Å². The second-order valence-electron chi connectivity index (χ2n) is 13.7. The third kappa shape index (κ3) is 8.36. The van der Waals surface area contributed by atoms with Crippen LogP contribution in [0.15, 0.2) is 72.8 Å². The van der Waals surface area contributed by atoms with Crippen molar-refractivity contribution in [2.75, 3.05) is 32.6 Å². The predicted octanol–water partition coefficient (Wildman–Crippen LogP) is 7.26. The van der Waals surface area contributed by atoms with Crippen LogP contribution in [0.25, 0.3) is 0 Å². The number of rotatable bonds is 9. The number of hydrogen-bond acceptors (Lipinski definition) is 4. The van der Waals surface area contributed by atoms with E-state index in [9.17, 15) is 32.3 Å². The third-order valence-corrected chi connectivity index (χ3v) is 11.2. The molecule has 0 unspecified atom stereocenters. The highest BCUT2D eigenvalue weighted by Crippen LogP contribution is 2.46. The van der Waals surface area contributed by atoms with Gasteiger partial charge in [-0.2, -0.15) is 13.2 Å². The summed E-state index contributed by atoms with van der Waals surface area (Å²) in [6, 6.07) is 21.2. The largest absolute Gasteiger partial charge is 0.397 e. The number of nitrogens with one attached hydrogen (secondary N) is 1. The Bertz CT molecular complexity index is 1780. The van der Waals surface area contributed by atoms with Gasteiger partial charge in [0, 0.05) is 33.4 Å². The lowest BCUT2D eigenvalue weighted by Crippen LogP contribution is -2.57. The Hall–Kier alpha value is -4.09. The van der Waals surface area contributed by atoms with E-state index in [1.54, 1.807) is 36.4 Å². The molecule has 0 radical (unpaired) electrons. The summed E-state index contributed by atoms with van der Waals surface area (Å²) < 4.78 is 40.2. The molecule has 0 bridgehead atoms. The van der Waals surface area contributed by atoms with Gasteiger partial charge in [0.1, 0.15) is 6.42 Å². The Morgan fingerprint density at radius 1 is 0.882 bits per heavy atom. The minimum Gasteiger partial charge on any atom is -0.346 e. The number of carbonyl (C=O) groups excluding carboxylic acids is 4. The topological polar surface area (TPSA) is 90.0 Å². The van der Waals surface area contributed by atoms with E-state index in [0.29, 0.717) is 36.9 Å². The Kier molecular flexibility index (Phi) is 11.4. The molecule has 1 aliphatic carbocycles. The van der Waals surface area contributed by atoms with Crippen molar-refractivity contribution >= 4 is 52.5 Å². The zero-order valence-electron chi connectivity index (χ0n) is 28.7. The van der Waals surface area contributed by atoms with E-state index in [1.807, 2.05) is 18.2 Å². The average Bonchev–Trinajstić information content (AvgIpc) is 3.10. The van der Waals surface area contributed by atoms with Crippen molar-refractivity contribution in [3.63, 3.8) is 0 Å². The van der Waals surface area contributed by atoms with Crippen molar-refractivity contribution < 1.29 is 32.3 Å². The number of carbonyl (C=O) groups is 4. The van der Waals surface area contributed by atoms with Crippen LogP contribution in [-0.2, 0) is 36.7 Å². The summed E-state index contributed by atoms with van der Waals surface area (Å²) in [5.74, 6) is -2.91. The van der Waals surface area contributed by atoms with Crippen molar-refractivity contribution in [3.05, 3.63) is 99.5 Å². The van der Waals surface area contributed by atoms with Gasteiger partial charge in [0.05, 0.1) is 27.5 Å². The molecule has 3 aromatic rings. The Morgan fingerprint density at radius 3 is 2.18 bits per heavy atom. The van der Waals surface area contributed by atoms with Gasteiger partial charge in [0.2, 0.25) is 11.8 Å².